The summed E-state index contributed by atoms with van der Waals surface area (Å²) in [6.07, 6.45) is -1.09. The second-order valence-electron chi connectivity index (χ2n) is 3.24. The van der Waals surface area contributed by atoms with Gasteiger partial charge in [0.2, 0.25) is 6.43 Å². The summed E-state index contributed by atoms with van der Waals surface area (Å²) in [6.45, 7) is 0.561. The third-order valence-corrected chi connectivity index (χ3v) is 2.16. The first-order valence-corrected chi connectivity index (χ1v) is 4.79. The van der Waals surface area contributed by atoms with Crippen molar-refractivity contribution in [3.8, 4) is 0 Å². The molecule has 1 aromatic carbocycles. The third-order valence-electron chi connectivity index (χ3n) is 2.16. The molecule has 78 valence electrons. The van der Waals surface area contributed by atoms with Crippen LogP contribution in [0.25, 0.3) is 0 Å². The molecule has 0 aliphatic carbocycles. The van der Waals surface area contributed by atoms with Crippen molar-refractivity contribution in [1.29, 1.82) is 0 Å². The van der Waals surface area contributed by atoms with Crippen LogP contribution >= 0.6 is 0 Å². The van der Waals surface area contributed by atoms with E-state index in [2.05, 4.69) is 0 Å². The maximum absolute atomic E-state index is 12.0. The highest BCUT2D eigenvalue weighted by Gasteiger charge is 2.05. The van der Waals surface area contributed by atoms with E-state index in [1.807, 2.05) is 24.3 Å². The van der Waals surface area contributed by atoms with Crippen molar-refractivity contribution in [3.05, 3.63) is 35.4 Å². The summed E-state index contributed by atoms with van der Waals surface area (Å²) in [5, 5.41) is 0. The van der Waals surface area contributed by atoms with Gasteiger partial charge in [0.15, 0.2) is 0 Å². The van der Waals surface area contributed by atoms with Crippen LogP contribution in [0.5, 0.6) is 0 Å². The zero-order valence-electron chi connectivity index (χ0n) is 8.05. The first-order chi connectivity index (χ1) is 6.74. The molecule has 1 aromatic rings. The highest BCUT2D eigenvalue weighted by molar-refractivity contribution is 5.27. The minimum Gasteiger partial charge on any atom is -0.330 e. The maximum Gasteiger partial charge on any atom is 0.239 e. The Bertz CT molecular complexity index is 274. The van der Waals surface area contributed by atoms with Crippen LogP contribution < -0.4 is 5.73 Å². The van der Waals surface area contributed by atoms with E-state index in [4.69, 9.17) is 5.73 Å². The molecule has 0 amide bonds. The van der Waals surface area contributed by atoms with Gasteiger partial charge in [0.1, 0.15) is 0 Å². The molecule has 0 unspecified atom stereocenters. The Balaban J connectivity index is 2.64. The Morgan fingerprint density at radius 1 is 1.07 bits per heavy atom. The molecular weight excluding hydrogens is 184 g/mol. The summed E-state index contributed by atoms with van der Waals surface area (Å²) in [7, 11) is 0. The van der Waals surface area contributed by atoms with Crippen LogP contribution in [0.1, 0.15) is 17.5 Å². The van der Waals surface area contributed by atoms with Crippen molar-refractivity contribution >= 4 is 0 Å². The predicted molar refractivity (Wildman–Crippen MR) is 53.5 cm³/mol. The smallest absolute Gasteiger partial charge is 0.239 e. The molecular formula is C11H15F2N. The van der Waals surface area contributed by atoms with Gasteiger partial charge in [0, 0.05) is 6.42 Å². The topological polar surface area (TPSA) is 26.0 Å². The van der Waals surface area contributed by atoms with Gasteiger partial charge in [0.25, 0.3) is 0 Å². The molecule has 0 heterocycles. The lowest BCUT2D eigenvalue weighted by Crippen LogP contribution is -2.06. The van der Waals surface area contributed by atoms with Gasteiger partial charge in [-0.2, -0.15) is 0 Å². The Kier molecular flexibility index (Phi) is 4.53. The number of aryl methyl sites for hydroxylation is 1. The summed E-state index contributed by atoms with van der Waals surface area (Å²) < 4.78 is 24.0. The molecule has 0 aliphatic rings. The molecule has 0 bridgehead atoms. The molecule has 0 saturated heterocycles. The molecule has 0 spiro atoms. The number of hydrogen-bond donors (Lipinski definition) is 1. The minimum absolute atomic E-state index is 0.0679. The molecule has 1 rings (SSSR count). The largest absolute Gasteiger partial charge is 0.330 e. The second kappa shape index (κ2) is 5.70. The van der Waals surface area contributed by atoms with Gasteiger partial charge in [-0.05, 0) is 30.5 Å². The Morgan fingerprint density at radius 3 is 2.14 bits per heavy atom. The van der Waals surface area contributed by atoms with E-state index in [-0.39, 0.29) is 6.42 Å². The molecule has 0 saturated carbocycles. The van der Waals surface area contributed by atoms with Crippen LogP contribution in [0, 0.1) is 0 Å². The number of benzene rings is 1. The SMILES string of the molecule is NCCc1ccccc1CCC(F)F. The van der Waals surface area contributed by atoms with Gasteiger partial charge >= 0.3 is 0 Å². The number of alkyl halides is 2. The lowest BCUT2D eigenvalue weighted by atomic mass is 10.0. The standard InChI is InChI=1S/C11H15F2N/c12-11(13)6-5-9-3-1-2-4-10(9)7-8-14/h1-4,11H,5-8,14H2. The molecule has 0 aromatic heterocycles. The van der Waals surface area contributed by atoms with E-state index in [9.17, 15) is 8.78 Å². The monoisotopic (exact) mass is 199 g/mol. The van der Waals surface area contributed by atoms with Crippen molar-refractivity contribution in [1.82, 2.24) is 0 Å². The minimum atomic E-state index is -2.22. The van der Waals surface area contributed by atoms with E-state index in [1.54, 1.807) is 0 Å². The molecule has 0 aliphatic heterocycles. The van der Waals surface area contributed by atoms with Gasteiger partial charge in [-0.3, -0.25) is 0 Å². The van der Waals surface area contributed by atoms with Crippen molar-refractivity contribution < 1.29 is 8.78 Å². The fraction of sp³-hybridized carbons (Fsp3) is 0.455. The van der Waals surface area contributed by atoms with E-state index >= 15 is 0 Å². The fourth-order valence-electron chi connectivity index (χ4n) is 1.47. The first-order valence-electron chi connectivity index (χ1n) is 4.79. The normalized spacial score (nSPS) is 10.9. The Hall–Kier alpha value is -0.960. The summed E-state index contributed by atoms with van der Waals surface area (Å²) in [6, 6.07) is 7.64. The number of hydrogen-bond acceptors (Lipinski definition) is 1. The average molecular weight is 199 g/mol. The van der Waals surface area contributed by atoms with Gasteiger partial charge in [0.05, 0.1) is 0 Å². The summed E-state index contributed by atoms with van der Waals surface area (Å²) >= 11 is 0. The summed E-state index contributed by atoms with van der Waals surface area (Å²) in [5.74, 6) is 0. The van der Waals surface area contributed by atoms with Crippen molar-refractivity contribution in [2.24, 2.45) is 5.73 Å². The number of nitrogens with two attached hydrogens (primary N) is 1. The quantitative estimate of drug-likeness (QED) is 0.774. The highest BCUT2D eigenvalue weighted by atomic mass is 19.3. The second-order valence-corrected chi connectivity index (χ2v) is 3.24. The maximum atomic E-state index is 12.0. The predicted octanol–water partition coefficient (Wildman–Crippen LogP) is 2.39. The van der Waals surface area contributed by atoms with E-state index in [0.29, 0.717) is 13.0 Å². The van der Waals surface area contributed by atoms with Crippen LogP contribution in [-0.4, -0.2) is 13.0 Å². The van der Waals surface area contributed by atoms with E-state index < -0.39 is 6.43 Å². The van der Waals surface area contributed by atoms with Crippen molar-refractivity contribution in [2.45, 2.75) is 25.7 Å². The molecule has 14 heavy (non-hydrogen) atoms. The first kappa shape index (κ1) is 11.1. The van der Waals surface area contributed by atoms with Gasteiger partial charge in [-0.1, -0.05) is 24.3 Å². The zero-order valence-corrected chi connectivity index (χ0v) is 8.05. The van der Waals surface area contributed by atoms with Gasteiger partial charge in [-0.25, -0.2) is 8.78 Å². The van der Waals surface area contributed by atoms with Crippen LogP contribution in [0.2, 0.25) is 0 Å². The van der Waals surface area contributed by atoms with Crippen molar-refractivity contribution in [3.63, 3.8) is 0 Å². The number of halogens is 2. The van der Waals surface area contributed by atoms with Gasteiger partial charge in [-0.15, -0.1) is 0 Å². The summed E-state index contributed by atoms with van der Waals surface area (Å²) in [4.78, 5) is 0. The van der Waals surface area contributed by atoms with Crippen LogP contribution in [-0.2, 0) is 12.8 Å². The average Bonchev–Trinajstić information content (AvgIpc) is 2.17. The molecule has 0 fully saturated rings. The van der Waals surface area contributed by atoms with Crippen LogP contribution in [0.3, 0.4) is 0 Å². The Labute approximate surface area is 82.9 Å². The third kappa shape index (κ3) is 3.42. The van der Waals surface area contributed by atoms with Crippen LogP contribution in [0.4, 0.5) is 8.78 Å². The summed E-state index contributed by atoms with van der Waals surface area (Å²) in [5.41, 5.74) is 7.53. The molecule has 2 N–H and O–H groups in total. The van der Waals surface area contributed by atoms with Crippen LogP contribution in [0.15, 0.2) is 24.3 Å². The zero-order chi connectivity index (χ0) is 10.4. The molecule has 0 radical (unpaired) electrons. The van der Waals surface area contributed by atoms with E-state index in [0.717, 1.165) is 17.5 Å². The lowest BCUT2D eigenvalue weighted by Gasteiger charge is -2.07. The van der Waals surface area contributed by atoms with Gasteiger partial charge < -0.3 is 5.73 Å². The fourth-order valence-corrected chi connectivity index (χ4v) is 1.47. The Morgan fingerprint density at radius 2 is 1.64 bits per heavy atom. The van der Waals surface area contributed by atoms with E-state index in [1.165, 1.54) is 0 Å². The highest BCUT2D eigenvalue weighted by Crippen LogP contribution is 2.13. The molecule has 0 atom stereocenters. The molecule has 3 heteroatoms. The number of rotatable bonds is 5. The van der Waals surface area contributed by atoms with Crippen molar-refractivity contribution in [2.75, 3.05) is 6.54 Å². The molecule has 1 nitrogen and oxygen atoms in total. The lowest BCUT2D eigenvalue weighted by molar-refractivity contribution is 0.138.